The number of likely N-dealkylation sites (tertiary alicyclic amines) is 1. The van der Waals surface area contributed by atoms with Crippen LogP contribution in [-0.4, -0.2) is 68.5 Å². The van der Waals surface area contributed by atoms with Crippen molar-refractivity contribution in [3.05, 3.63) is 16.7 Å². The van der Waals surface area contributed by atoms with Crippen LogP contribution in [0, 0.1) is 17.2 Å². The average Bonchev–Trinajstić information content (AvgIpc) is 2.98. The van der Waals surface area contributed by atoms with Gasteiger partial charge in [-0.2, -0.15) is 5.26 Å². The number of aliphatic hydroxyl groups is 1. The van der Waals surface area contributed by atoms with Crippen molar-refractivity contribution in [1.82, 2.24) is 10.2 Å². The number of unbranched alkanes of at least 4 members (excludes halogenated alkanes) is 1. The van der Waals surface area contributed by atoms with Gasteiger partial charge in [-0.15, -0.1) is 0 Å². The van der Waals surface area contributed by atoms with Crippen LogP contribution < -0.4 is 19.5 Å². The van der Waals surface area contributed by atoms with E-state index in [2.05, 4.69) is 16.3 Å². The Labute approximate surface area is 181 Å². The maximum Gasteiger partial charge on any atom is 0.255 e. The highest BCUT2D eigenvalue weighted by Crippen LogP contribution is 2.46. The summed E-state index contributed by atoms with van der Waals surface area (Å²) in [6.07, 6.45) is 2.25. The van der Waals surface area contributed by atoms with Crippen molar-refractivity contribution in [2.75, 3.05) is 46.5 Å². The van der Waals surface area contributed by atoms with Gasteiger partial charge in [-0.25, -0.2) is 0 Å². The summed E-state index contributed by atoms with van der Waals surface area (Å²) in [7, 11) is 1.49. The molecule has 0 saturated carbocycles. The number of amides is 1. The van der Waals surface area contributed by atoms with E-state index in [1.54, 1.807) is 0 Å². The first-order valence-corrected chi connectivity index (χ1v) is 10.6. The quantitative estimate of drug-likeness (QED) is 0.630. The van der Waals surface area contributed by atoms with Gasteiger partial charge in [0.15, 0.2) is 11.5 Å². The van der Waals surface area contributed by atoms with Gasteiger partial charge in [0.25, 0.3) is 5.91 Å². The third-order valence-corrected chi connectivity index (χ3v) is 5.75. The number of aliphatic hydroxyl groups excluding tert-OH is 1. The number of β-amino-alcohol motifs (C(OH)–C–C–N with tert-alkyl or cyclic N) is 1. The lowest BCUT2D eigenvalue weighted by Gasteiger charge is -2.36. The number of carbonyl (C=O) groups is 1. The third-order valence-electron chi connectivity index (χ3n) is 5.47. The van der Waals surface area contributed by atoms with Crippen molar-refractivity contribution in [3.63, 3.8) is 0 Å². The molecular weight excluding hydrogens is 410 g/mol. The Bertz CT molecular complexity index is 798. The van der Waals surface area contributed by atoms with Gasteiger partial charge >= 0.3 is 0 Å². The third kappa shape index (κ3) is 5.28. The Morgan fingerprint density at radius 1 is 1.43 bits per heavy atom. The van der Waals surface area contributed by atoms with E-state index >= 15 is 0 Å². The van der Waals surface area contributed by atoms with E-state index in [-0.39, 0.29) is 16.8 Å². The van der Waals surface area contributed by atoms with Crippen LogP contribution in [0.1, 0.15) is 36.0 Å². The highest BCUT2D eigenvalue weighted by atomic mass is 35.5. The average molecular weight is 438 g/mol. The molecule has 0 bridgehead atoms. The number of nitriles is 1. The van der Waals surface area contributed by atoms with E-state index in [1.807, 2.05) is 0 Å². The summed E-state index contributed by atoms with van der Waals surface area (Å²) in [4.78, 5) is 15.1. The molecule has 3 rings (SSSR count). The summed E-state index contributed by atoms with van der Waals surface area (Å²) in [5.74, 6) is 0.664. The number of methoxy groups -OCH3 is 1. The highest BCUT2D eigenvalue weighted by molar-refractivity contribution is 6.33. The fraction of sp³-hybridized carbons (Fsp3) is 0.619. The molecule has 1 aromatic carbocycles. The van der Waals surface area contributed by atoms with Crippen LogP contribution in [0.15, 0.2) is 6.07 Å². The molecule has 0 aromatic heterocycles. The number of nitrogens with one attached hydrogen (secondary N) is 1. The first-order valence-electron chi connectivity index (χ1n) is 10.3. The summed E-state index contributed by atoms with van der Waals surface area (Å²) in [5.41, 5.74) is 0.293. The number of piperidine rings is 1. The summed E-state index contributed by atoms with van der Waals surface area (Å²) in [5, 5.41) is 22.3. The zero-order chi connectivity index (χ0) is 21.5. The number of rotatable bonds is 7. The second kappa shape index (κ2) is 10.7. The Morgan fingerprint density at radius 2 is 2.20 bits per heavy atom. The van der Waals surface area contributed by atoms with Crippen LogP contribution in [0.3, 0.4) is 0 Å². The normalized spacial score (nSPS) is 21.4. The van der Waals surface area contributed by atoms with Crippen molar-refractivity contribution >= 4 is 17.5 Å². The van der Waals surface area contributed by atoms with Crippen LogP contribution in [0.5, 0.6) is 17.2 Å². The minimum Gasteiger partial charge on any atom is -0.491 e. The van der Waals surface area contributed by atoms with Crippen LogP contribution >= 0.6 is 11.6 Å². The van der Waals surface area contributed by atoms with Crippen molar-refractivity contribution in [2.45, 2.75) is 31.8 Å². The first kappa shape index (κ1) is 22.5. The monoisotopic (exact) mass is 437 g/mol. The molecule has 0 radical (unpaired) electrons. The molecule has 1 amide bonds. The van der Waals surface area contributed by atoms with E-state index in [9.17, 15) is 9.90 Å². The van der Waals surface area contributed by atoms with Crippen molar-refractivity contribution in [1.29, 1.82) is 5.26 Å². The van der Waals surface area contributed by atoms with Gasteiger partial charge in [0.05, 0.1) is 43.1 Å². The molecule has 0 aliphatic carbocycles. The number of halogens is 1. The summed E-state index contributed by atoms with van der Waals surface area (Å²) < 4.78 is 16.8. The fourth-order valence-electron chi connectivity index (χ4n) is 3.82. The highest BCUT2D eigenvalue weighted by Gasteiger charge is 2.30. The number of hydrogen-bond donors (Lipinski definition) is 2. The lowest BCUT2D eigenvalue weighted by atomic mass is 9.93. The molecule has 2 N–H and O–H groups in total. The minimum atomic E-state index is -0.530. The van der Waals surface area contributed by atoms with Crippen LogP contribution in [-0.2, 0) is 0 Å². The van der Waals surface area contributed by atoms with E-state index < -0.39 is 6.10 Å². The van der Waals surface area contributed by atoms with Gasteiger partial charge < -0.3 is 29.5 Å². The van der Waals surface area contributed by atoms with Gasteiger partial charge in [0, 0.05) is 31.8 Å². The topological polar surface area (TPSA) is 104 Å². The lowest BCUT2D eigenvalue weighted by molar-refractivity contribution is 0.0219. The van der Waals surface area contributed by atoms with Crippen LogP contribution in [0.25, 0.3) is 0 Å². The Balaban J connectivity index is 1.63. The van der Waals surface area contributed by atoms with Crippen LogP contribution in [0.2, 0.25) is 5.02 Å². The molecule has 2 aliphatic rings. The SMILES string of the molecule is COc1c(Cl)cc(C(=O)NC[C@@H]2CCN(CCCC#N)C[C@H]2O)c2c1OCCCO2. The smallest absolute Gasteiger partial charge is 0.255 e. The molecule has 1 aromatic rings. The number of fused-ring (bicyclic) bond motifs is 1. The molecule has 164 valence electrons. The summed E-state index contributed by atoms with van der Waals surface area (Å²) >= 11 is 6.30. The van der Waals surface area contributed by atoms with Gasteiger partial charge in [0.2, 0.25) is 5.75 Å². The molecule has 8 nitrogen and oxygen atoms in total. The summed E-state index contributed by atoms with van der Waals surface area (Å²) in [6, 6.07) is 3.66. The molecule has 0 unspecified atom stereocenters. The molecule has 1 fully saturated rings. The van der Waals surface area contributed by atoms with E-state index in [0.29, 0.717) is 62.0 Å². The van der Waals surface area contributed by atoms with Gasteiger partial charge in [-0.3, -0.25) is 4.79 Å². The Hall–Kier alpha value is -2.21. The Kier molecular flexibility index (Phi) is 8.02. The molecule has 2 atom stereocenters. The molecule has 2 aliphatic heterocycles. The number of hydrogen-bond acceptors (Lipinski definition) is 7. The van der Waals surface area contributed by atoms with E-state index in [0.717, 1.165) is 25.9 Å². The number of carbonyl (C=O) groups excluding carboxylic acids is 1. The standard InChI is InChI=1S/C21H28ClN3O5/c1-28-19-16(22)11-15(18-20(19)30-10-4-9-29-18)21(27)24-12-14-5-8-25(13-17(14)26)7-3-2-6-23/h11,14,17,26H,2-5,7-10,12-13H2,1H3,(H,24,27)/t14-,17+/m0/s1. The second-order valence-electron chi connectivity index (χ2n) is 7.54. The first-order chi connectivity index (χ1) is 14.5. The largest absolute Gasteiger partial charge is 0.491 e. The molecule has 9 heteroatoms. The lowest BCUT2D eigenvalue weighted by Crippen LogP contribution is -2.47. The predicted octanol–water partition coefficient (Wildman–Crippen LogP) is 2.23. The molecule has 0 spiro atoms. The second-order valence-corrected chi connectivity index (χ2v) is 7.94. The number of ether oxygens (including phenoxy) is 3. The molecule has 30 heavy (non-hydrogen) atoms. The van der Waals surface area contributed by atoms with Gasteiger partial charge in [0.1, 0.15) is 0 Å². The van der Waals surface area contributed by atoms with Gasteiger partial charge in [-0.1, -0.05) is 11.6 Å². The number of benzene rings is 1. The maximum absolute atomic E-state index is 12.9. The fourth-order valence-corrected chi connectivity index (χ4v) is 4.09. The minimum absolute atomic E-state index is 0.0364. The molecule has 1 saturated heterocycles. The zero-order valence-electron chi connectivity index (χ0n) is 17.2. The molecular formula is C21H28ClN3O5. The van der Waals surface area contributed by atoms with Crippen molar-refractivity contribution < 1.29 is 24.1 Å². The zero-order valence-corrected chi connectivity index (χ0v) is 17.9. The van der Waals surface area contributed by atoms with Crippen molar-refractivity contribution in [3.8, 4) is 23.3 Å². The van der Waals surface area contributed by atoms with Crippen LogP contribution in [0.4, 0.5) is 0 Å². The van der Waals surface area contributed by atoms with E-state index in [4.69, 9.17) is 31.1 Å². The number of nitrogens with zero attached hydrogens (tertiary/aromatic N) is 2. The van der Waals surface area contributed by atoms with Crippen molar-refractivity contribution in [2.24, 2.45) is 5.92 Å². The Morgan fingerprint density at radius 3 is 2.90 bits per heavy atom. The summed E-state index contributed by atoms with van der Waals surface area (Å²) in [6.45, 7) is 3.42. The van der Waals surface area contributed by atoms with E-state index in [1.165, 1.54) is 13.2 Å². The molecule has 2 heterocycles. The van der Waals surface area contributed by atoms with Gasteiger partial charge in [-0.05, 0) is 32.0 Å². The maximum atomic E-state index is 12.9. The predicted molar refractivity (Wildman–Crippen MR) is 111 cm³/mol.